The van der Waals surface area contributed by atoms with Crippen molar-refractivity contribution in [2.24, 2.45) is 4.99 Å². The lowest BCUT2D eigenvalue weighted by Crippen LogP contribution is -2.43. The van der Waals surface area contributed by atoms with Crippen molar-refractivity contribution in [3.05, 3.63) is 71.0 Å². The van der Waals surface area contributed by atoms with Crippen LogP contribution < -0.4 is 10.6 Å². The van der Waals surface area contributed by atoms with E-state index in [2.05, 4.69) is 47.7 Å². The van der Waals surface area contributed by atoms with Crippen molar-refractivity contribution in [1.82, 2.24) is 10.6 Å². The average Bonchev–Trinajstić information content (AvgIpc) is 2.74. The van der Waals surface area contributed by atoms with E-state index in [4.69, 9.17) is 9.47 Å². The van der Waals surface area contributed by atoms with Crippen LogP contribution in [0.25, 0.3) is 0 Å². The van der Waals surface area contributed by atoms with Crippen LogP contribution in [-0.2, 0) is 28.0 Å². The Balaban J connectivity index is 1.83. The molecule has 0 amide bonds. The third kappa shape index (κ3) is 8.13. The highest BCUT2D eigenvalue weighted by molar-refractivity contribution is 5.79. The lowest BCUT2D eigenvalue weighted by Gasteiger charge is -2.27. The Hall–Kier alpha value is -2.44. The minimum absolute atomic E-state index is 0.218. The second kappa shape index (κ2) is 12.3. The summed E-state index contributed by atoms with van der Waals surface area (Å²) in [5, 5.41) is 6.68. The Labute approximate surface area is 179 Å². The van der Waals surface area contributed by atoms with Crippen LogP contribution in [0.15, 0.2) is 53.5 Å². The third-order valence-electron chi connectivity index (χ3n) is 4.82. The smallest absolute Gasteiger partial charge is 0.191 e. The number of ether oxygens (including phenoxy) is 2. The first-order chi connectivity index (χ1) is 14.4. The number of rotatable bonds is 11. The topological polar surface area (TPSA) is 54.9 Å². The zero-order chi connectivity index (χ0) is 21.8. The van der Waals surface area contributed by atoms with E-state index in [9.17, 15) is 4.39 Å². The van der Waals surface area contributed by atoms with E-state index in [1.165, 1.54) is 6.07 Å². The molecule has 0 saturated carbocycles. The molecule has 0 atom stereocenters. The number of guanidine groups is 1. The maximum Gasteiger partial charge on any atom is 0.191 e. The van der Waals surface area contributed by atoms with Gasteiger partial charge in [0.1, 0.15) is 5.82 Å². The van der Waals surface area contributed by atoms with Gasteiger partial charge in [-0.3, -0.25) is 4.99 Å². The molecule has 0 bridgehead atoms. The molecule has 0 spiro atoms. The molecular formula is C24H34FN3O2. The predicted molar refractivity (Wildman–Crippen MR) is 120 cm³/mol. The van der Waals surface area contributed by atoms with Gasteiger partial charge in [-0.15, -0.1) is 0 Å². The fourth-order valence-corrected chi connectivity index (χ4v) is 3.00. The molecule has 0 aliphatic rings. The number of hydrogen-bond donors (Lipinski definition) is 2. The molecule has 2 aromatic rings. The standard InChI is InChI=1S/C24H34FN3O2/c1-5-29-12-13-30-17-20-9-6-8-19(14-20)16-27-23(26-4)28-18-24(2,3)21-10-7-11-22(25)15-21/h6-11,14-15H,5,12-13,16-18H2,1-4H3,(H2,26,27,28). The minimum atomic E-state index is -0.238. The highest BCUT2D eigenvalue weighted by atomic mass is 19.1. The fraction of sp³-hybridized carbons (Fsp3) is 0.458. The summed E-state index contributed by atoms with van der Waals surface area (Å²) in [6.07, 6.45) is 0. The molecule has 164 valence electrons. The zero-order valence-electron chi connectivity index (χ0n) is 18.5. The molecule has 0 heterocycles. The molecule has 0 fully saturated rings. The van der Waals surface area contributed by atoms with Crippen molar-refractivity contribution in [2.75, 3.05) is 33.4 Å². The molecular weight excluding hydrogens is 381 g/mol. The van der Waals surface area contributed by atoms with Gasteiger partial charge in [-0.05, 0) is 35.7 Å². The van der Waals surface area contributed by atoms with Crippen molar-refractivity contribution in [2.45, 2.75) is 39.3 Å². The Morgan fingerprint density at radius 3 is 2.47 bits per heavy atom. The van der Waals surface area contributed by atoms with E-state index in [-0.39, 0.29) is 11.2 Å². The number of nitrogens with one attached hydrogen (secondary N) is 2. The van der Waals surface area contributed by atoms with Gasteiger partial charge < -0.3 is 20.1 Å². The lowest BCUT2D eigenvalue weighted by molar-refractivity contribution is 0.0453. The van der Waals surface area contributed by atoms with Crippen molar-refractivity contribution in [1.29, 1.82) is 0 Å². The first kappa shape index (κ1) is 23.8. The van der Waals surface area contributed by atoms with E-state index in [1.54, 1.807) is 19.2 Å². The highest BCUT2D eigenvalue weighted by Gasteiger charge is 2.21. The van der Waals surface area contributed by atoms with Crippen molar-refractivity contribution < 1.29 is 13.9 Å². The van der Waals surface area contributed by atoms with Gasteiger partial charge in [0.2, 0.25) is 0 Å². The molecule has 0 saturated heterocycles. The monoisotopic (exact) mass is 415 g/mol. The van der Waals surface area contributed by atoms with Crippen LogP contribution >= 0.6 is 0 Å². The molecule has 2 N–H and O–H groups in total. The molecule has 6 heteroatoms. The first-order valence-corrected chi connectivity index (χ1v) is 10.4. The number of hydrogen-bond acceptors (Lipinski definition) is 3. The van der Waals surface area contributed by atoms with Gasteiger partial charge in [0.25, 0.3) is 0 Å². The van der Waals surface area contributed by atoms with Gasteiger partial charge >= 0.3 is 0 Å². The van der Waals surface area contributed by atoms with E-state index in [0.717, 1.165) is 16.7 Å². The zero-order valence-corrected chi connectivity index (χ0v) is 18.5. The van der Waals surface area contributed by atoms with E-state index >= 15 is 0 Å². The number of benzene rings is 2. The average molecular weight is 416 g/mol. The summed E-state index contributed by atoms with van der Waals surface area (Å²) >= 11 is 0. The number of nitrogens with zero attached hydrogens (tertiary/aromatic N) is 1. The maximum atomic E-state index is 13.6. The van der Waals surface area contributed by atoms with Crippen LogP contribution in [0.4, 0.5) is 4.39 Å². The molecule has 30 heavy (non-hydrogen) atoms. The fourth-order valence-electron chi connectivity index (χ4n) is 3.00. The summed E-state index contributed by atoms with van der Waals surface area (Å²) in [6, 6.07) is 15.0. The Morgan fingerprint density at radius 2 is 1.73 bits per heavy atom. The normalized spacial score (nSPS) is 12.1. The summed E-state index contributed by atoms with van der Waals surface area (Å²) in [5.41, 5.74) is 2.98. The van der Waals surface area contributed by atoms with Crippen LogP contribution in [0.2, 0.25) is 0 Å². The van der Waals surface area contributed by atoms with Crippen molar-refractivity contribution >= 4 is 5.96 Å². The SMILES string of the molecule is CCOCCOCc1cccc(CNC(=NC)NCC(C)(C)c2cccc(F)c2)c1. The number of halogens is 1. The Kier molecular flexibility index (Phi) is 9.77. The van der Waals surface area contributed by atoms with Crippen LogP contribution in [0, 0.1) is 5.82 Å². The number of aliphatic imine (C=N–C) groups is 1. The molecule has 2 aromatic carbocycles. The van der Waals surface area contributed by atoms with Gasteiger partial charge in [0.05, 0.1) is 19.8 Å². The molecule has 0 radical (unpaired) electrons. The van der Waals surface area contributed by atoms with E-state index in [1.807, 2.05) is 19.1 Å². The summed E-state index contributed by atoms with van der Waals surface area (Å²) in [4.78, 5) is 4.30. The lowest BCUT2D eigenvalue weighted by atomic mass is 9.84. The summed E-state index contributed by atoms with van der Waals surface area (Å²) < 4.78 is 24.5. The summed E-state index contributed by atoms with van der Waals surface area (Å²) in [7, 11) is 1.74. The summed E-state index contributed by atoms with van der Waals surface area (Å²) in [6.45, 7) is 9.89. The molecule has 0 aliphatic carbocycles. The molecule has 5 nitrogen and oxygen atoms in total. The van der Waals surface area contributed by atoms with Crippen molar-refractivity contribution in [3.8, 4) is 0 Å². The quantitative estimate of drug-likeness (QED) is 0.331. The molecule has 0 aliphatic heterocycles. The Bertz CT molecular complexity index is 809. The third-order valence-corrected chi connectivity index (χ3v) is 4.82. The highest BCUT2D eigenvalue weighted by Crippen LogP contribution is 2.22. The van der Waals surface area contributed by atoms with Crippen molar-refractivity contribution in [3.63, 3.8) is 0 Å². The van der Waals surface area contributed by atoms with Crippen LogP contribution in [-0.4, -0.2) is 39.4 Å². The second-order valence-electron chi connectivity index (χ2n) is 7.74. The predicted octanol–water partition coefficient (Wildman–Crippen LogP) is 4.02. The Morgan fingerprint density at radius 1 is 1.00 bits per heavy atom. The van der Waals surface area contributed by atoms with Crippen LogP contribution in [0.5, 0.6) is 0 Å². The molecule has 0 aromatic heterocycles. The maximum absolute atomic E-state index is 13.6. The molecule has 2 rings (SSSR count). The van der Waals surface area contributed by atoms with Gasteiger partial charge in [0.15, 0.2) is 5.96 Å². The van der Waals surface area contributed by atoms with Gasteiger partial charge in [-0.1, -0.05) is 50.2 Å². The van der Waals surface area contributed by atoms with Gasteiger partial charge in [-0.2, -0.15) is 0 Å². The van der Waals surface area contributed by atoms with Crippen LogP contribution in [0.3, 0.4) is 0 Å². The second-order valence-corrected chi connectivity index (χ2v) is 7.74. The molecule has 0 unspecified atom stereocenters. The van der Waals surface area contributed by atoms with E-state index in [0.29, 0.717) is 45.5 Å². The van der Waals surface area contributed by atoms with Gasteiger partial charge in [-0.25, -0.2) is 4.39 Å². The summed E-state index contributed by atoms with van der Waals surface area (Å²) in [5.74, 6) is 0.489. The van der Waals surface area contributed by atoms with Crippen LogP contribution in [0.1, 0.15) is 37.5 Å². The minimum Gasteiger partial charge on any atom is -0.379 e. The van der Waals surface area contributed by atoms with E-state index < -0.39 is 0 Å². The largest absolute Gasteiger partial charge is 0.379 e. The first-order valence-electron chi connectivity index (χ1n) is 10.4. The van der Waals surface area contributed by atoms with Gasteiger partial charge in [0, 0.05) is 32.2 Å².